The Labute approximate surface area is 174 Å². The van der Waals surface area contributed by atoms with Crippen LogP contribution >= 0.6 is 48.0 Å². The minimum atomic E-state index is 0.0860. The van der Waals surface area contributed by atoms with E-state index in [4.69, 9.17) is 24.4 Å². The molecule has 8 heteroatoms. The molecule has 0 aliphatic heterocycles. The third-order valence-electron chi connectivity index (χ3n) is 3.89. The molecule has 1 aromatic carbocycles. The lowest BCUT2D eigenvalue weighted by Crippen LogP contribution is -2.15. The van der Waals surface area contributed by atoms with Crippen molar-refractivity contribution >= 4 is 79.5 Å². The zero-order valence-corrected chi connectivity index (χ0v) is 19.1. The third kappa shape index (κ3) is 6.64. The summed E-state index contributed by atoms with van der Waals surface area (Å²) < 4.78 is 1.13. The fourth-order valence-electron chi connectivity index (χ4n) is 2.33. The minimum Gasteiger partial charge on any atom is -0.341 e. The molecule has 0 aliphatic rings. The predicted octanol–water partition coefficient (Wildman–Crippen LogP) is 4.96. The van der Waals surface area contributed by atoms with Crippen molar-refractivity contribution in [1.29, 1.82) is 0 Å². The van der Waals surface area contributed by atoms with Crippen LogP contribution in [0.15, 0.2) is 0 Å². The van der Waals surface area contributed by atoms with Gasteiger partial charge in [0, 0.05) is 11.4 Å². The van der Waals surface area contributed by atoms with Crippen molar-refractivity contribution in [2.75, 3.05) is 22.1 Å². The third-order valence-corrected chi connectivity index (χ3v) is 6.63. The van der Waals surface area contributed by atoms with Gasteiger partial charge in [0.2, 0.25) is 0 Å². The highest BCUT2D eigenvalue weighted by Gasteiger charge is 2.17. The molecule has 0 radical (unpaired) electrons. The highest BCUT2D eigenvalue weighted by Crippen LogP contribution is 2.35. The maximum Gasteiger partial charge on any atom is 0.140 e. The van der Waals surface area contributed by atoms with Crippen LogP contribution in [0.25, 0.3) is 0 Å². The minimum absolute atomic E-state index is 0.0860. The summed E-state index contributed by atoms with van der Waals surface area (Å²) in [5.74, 6) is 0.878. The van der Waals surface area contributed by atoms with Gasteiger partial charge in [-0.2, -0.15) is 0 Å². The van der Waals surface area contributed by atoms with E-state index >= 15 is 0 Å². The number of thioether (sulfide) groups is 2. The molecule has 1 rings (SSSR count). The Balaban J connectivity index is 3.11. The molecule has 4 nitrogen and oxygen atoms in total. The number of benzene rings is 1. The second-order valence-electron chi connectivity index (χ2n) is 6.06. The summed E-state index contributed by atoms with van der Waals surface area (Å²) in [7, 11) is 0. The number of hydrogen-bond acceptors (Lipinski definition) is 6. The molecule has 1 aromatic rings. The van der Waals surface area contributed by atoms with E-state index in [1.165, 1.54) is 23.5 Å². The molecule has 0 amide bonds. The SMILES string of the molecule is CC(=O)CSC(=S)Nc1c(C)c(C)c(C)c(NC(=S)SCC(C)=O)c1C. The summed E-state index contributed by atoms with van der Waals surface area (Å²) in [6.45, 7) is 11.2. The molecule has 0 fully saturated rings. The van der Waals surface area contributed by atoms with Crippen LogP contribution < -0.4 is 10.6 Å². The van der Waals surface area contributed by atoms with Gasteiger partial charge in [0.1, 0.15) is 20.2 Å². The number of Topliss-reactive ketones (excluding diaryl/α,β-unsaturated/α-hetero) is 2. The van der Waals surface area contributed by atoms with E-state index in [0.717, 1.165) is 33.6 Å². The summed E-state index contributed by atoms with van der Waals surface area (Å²) in [5, 5.41) is 6.53. The Morgan fingerprint density at radius 3 is 1.38 bits per heavy atom. The molecule has 0 saturated heterocycles. The number of carbonyl (C=O) groups is 2. The molecule has 0 heterocycles. The molecular weight excluding hydrogens is 404 g/mol. The molecule has 0 unspecified atom stereocenters. The van der Waals surface area contributed by atoms with E-state index < -0.39 is 0 Å². The van der Waals surface area contributed by atoms with Crippen LogP contribution in [0.2, 0.25) is 0 Å². The zero-order chi connectivity index (χ0) is 20.0. The van der Waals surface area contributed by atoms with Gasteiger partial charge in [-0.05, 0) is 63.8 Å². The highest BCUT2D eigenvalue weighted by molar-refractivity contribution is 8.24. The number of ketones is 2. The van der Waals surface area contributed by atoms with Crippen molar-refractivity contribution < 1.29 is 9.59 Å². The van der Waals surface area contributed by atoms with E-state index in [-0.39, 0.29) is 11.6 Å². The maximum absolute atomic E-state index is 11.2. The fourth-order valence-corrected chi connectivity index (χ4v) is 3.90. The van der Waals surface area contributed by atoms with Gasteiger partial charge in [-0.3, -0.25) is 9.59 Å². The number of anilines is 2. The zero-order valence-electron chi connectivity index (χ0n) is 15.9. The number of nitrogens with one attached hydrogen (secondary N) is 2. The van der Waals surface area contributed by atoms with Crippen LogP contribution in [0.1, 0.15) is 36.1 Å². The van der Waals surface area contributed by atoms with Crippen molar-refractivity contribution in [3.8, 4) is 0 Å². The van der Waals surface area contributed by atoms with Crippen LogP contribution in [0.3, 0.4) is 0 Å². The average Bonchev–Trinajstić information content (AvgIpc) is 2.57. The number of rotatable bonds is 6. The summed E-state index contributed by atoms with van der Waals surface area (Å²) >= 11 is 13.4. The summed E-state index contributed by atoms with van der Waals surface area (Å²) in [4.78, 5) is 22.3. The van der Waals surface area contributed by atoms with E-state index in [1.807, 2.05) is 20.8 Å². The van der Waals surface area contributed by atoms with Crippen molar-refractivity contribution in [2.24, 2.45) is 0 Å². The van der Waals surface area contributed by atoms with Crippen LogP contribution in [-0.4, -0.2) is 31.7 Å². The van der Waals surface area contributed by atoms with Gasteiger partial charge in [-0.1, -0.05) is 48.0 Å². The van der Waals surface area contributed by atoms with Gasteiger partial charge in [-0.25, -0.2) is 0 Å². The van der Waals surface area contributed by atoms with Crippen LogP contribution in [-0.2, 0) is 9.59 Å². The van der Waals surface area contributed by atoms with E-state index in [0.29, 0.717) is 20.1 Å². The van der Waals surface area contributed by atoms with Gasteiger partial charge in [-0.15, -0.1) is 0 Å². The Morgan fingerprint density at radius 2 is 1.08 bits per heavy atom. The first kappa shape index (κ1) is 23.1. The molecule has 0 saturated carbocycles. The smallest absolute Gasteiger partial charge is 0.140 e. The first-order valence-corrected chi connectivity index (χ1v) is 10.8. The lowest BCUT2D eigenvalue weighted by molar-refractivity contribution is -0.115. The van der Waals surface area contributed by atoms with E-state index in [1.54, 1.807) is 13.8 Å². The Bertz CT molecular complexity index is 701. The van der Waals surface area contributed by atoms with Crippen LogP contribution in [0.5, 0.6) is 0 Å². The van der Waals surface area contributed by atoms with E-state index in [9.17, 15) is 9.59 Å². The van der Waals surface area contributed by atoms with Gasteiger partial charge in [0.15, 0.2) is 0 Å². The molecule has 0 bridgehead atoms. The topological polar surface area (TPSA) is 58.2 Å². The van der Waals surface area contributed by atoms with Gasteiger partial charge < -0.3 is 10.6 Å². The lowest BCUT2D eigenvalue weighted by Gasteiger charge is -2.22. The van der Waals surface area contributed by atoms with Crippen LogP contribution in [0.4, 0.5) is 11.4 Å². The molecule has 2 N–H and O–H groups in total. The van der Waals surface area contributed by atoms with Gasteiger partial charge in [0.25, 0.3) is 0 Å². The van der Waals surface area contributed by atoms with Crippen molar-refractivity contribution in [1.82, 2.24) is 0 Å². The molecule has 0 aromatic heterocycles. The molecule has 0 aliphatic carbocycles. The molecule has 0 spiro atoms. The largest absolute Gasteiger partial charge is 0.341 e. The fraction of sp³-hybridized carbons (Fsp3) is 0.444. The second kappa shape index (κ2) is 10.4. The predicted molar refractivity (Wildman–Crippen MR) is 124 cm³/mol. The molecule has 0 atom stereocenters. The molecular formula is C18H24N2O2S4. The first-order valence-electron chi connectivity index (χ1n) is 8.01. The standard InChI is InChI=1S/C18H24N2O2S4/c1-9(21)7-25-17(23)19-15-12(4)11(3)13(5)16(14(15)6)20-18(24)26-8-10(2)22/h7-8H2,1-6H3,(H,19,23)(H,20,24). The summed E-state index contributed by atoms with van der Waals surface area (Å²) in [6.07, 6.45) is 0. The summed E-state index contributed by atoms with van der Waals surface area (Å²) in [5.41, 5.74) is 6.21. The summed E-state index contributed by atoms with van der Waals surface area (Å²) in [6, 6.07) is 0. The normalized spacial score (nSPS) is 10.4. The monoisotopic (exact) mass is 428 g/mol. The lowest BCUT2D eigenvalue weighted by atomic mass is 9.96. The Kier molecular flexibility index (Phi) is 9.23. The number of hydrogen-bond donors (Lipinski definition) is 2. The van der Waals surface area contributed by atoms with E-state index in [2.05, 4.69) is 17.6 Å². The first-order chi connectivity index (χ1) is 12.0. The average molecular weight is 429 g/mol. The maximum atomic E-state index is 11.2. The van der Waals surface area contributed by atoms with Crippen molar-refractivity contribution in [2.45, 2.75) is 41.5 Å². The Hall–Kier alpha value is -0.960. The Morgan fingerprint density at radius 1 is 0.731 bits per heavy atom. The molecule has 142 valence electrons. The second-order valence-corrected chi connectivity index (χ2v) is 9.36. The van der Waals surface area contributed by atoms with Crippen LogP contribution in [0, 0.1) is 27.7 Å². The van der Waals surface area contributed by atoms with Crippen molar-refractivity contribution in [3.63, 3.8) is 0 Å². The molecule has 26 heavy (non-hydrogen) atoms. The van der Waals surface area contributed by atoms with Crippen molar-refractivity contribution in [3.05, 3.63) is 22.3 Å². The van der Waals surface area contributed by atoms with Gasteiger partial charge >= 0.3 is 0 Å². The van der Waals surface area contributed by atoms with Gasteiger partial charge in [0.05, 0.1) is 11.5 Å². The number of thiocarbonyl (C=S) groups is 2. The highest BCUT2D eigenvalue weighted by atomic mass is 32.2. The quantitative estimate of drug-likeness (QED) is 0.617. The number of carbonyl (C=O) groups excluding carboxylic acids is 2.